The first-order chi connectivity index (χ1) is 13.1. The summed E-state index contributed by atoms with van der Waals surface area (Å²) in [6, 6.07) is 0. The minimum atomic E-state index is -1.70. The summed E-state index contributed by atoms with van der Waals surface area (Å²) in [6.07, 6.45) is -1.26. The molecular formula is C16H6Cl12O. The Labute approximate surface area is 226 Å². The molecule has 1 nitrogen and oxygen atoms in total. The molecule has 0 spiro atoms. The van der Waals surface area contributed by atoms with Gasteiger partial charge in [-0.2, -0.15) is 0 Å². The van der Waals surface area contributed by atoms with E-state index in [0.29, 0.717) is 0 Å². The first kappa shape index (κ1) is 22.4. The summed E-state index contributed by atoms with van der Waals surface area (Å²) in [5.41, 5.74) is 0. The highest BCUT2D eigenvalue weighted by molar-refractivity contribution is 6.67. The van der Waals surface area contributed by atoms with Crippen molar-refractivity contribution < 1.29 is 4.74 Å². The Morgan fingerprint density at radius 2 is 0.655 bits per heavy atom. The summed E-state index contributed by atoms with van der Waals surface area (Å²) in [6.45, 7) is 0. The summed E-state index contributed by atoms with van der Waals surface area (Å²) in [4.78, 5) is -5.99. The molecule has 4 fully saturated rings. The van der Waals surface area contributed by atoms with E-state index in [2.05, 4.69) is 0 Å². The number of ether oxygens (including phenoxy) is 1. The number of rotatable bonds is 0. The zero-order chi connectivity index (χ0) is 21.5. The van der Waals surface area contributed by atoms with Crippen LogP contribution in [-0.4, -0.2) is 40.4 Å². The van der Waals surface area contributed by atoms with Crippen LogP contribution in [0.1, 0.15) is 0 Å². The molecule has 0 aromatic rings. The zero-order valence-corrected chi connectivity index (χ0v) is 22.5. The van der Waals surface area contributed by atoms with Crippen LogP contribution in [0.5, 0.6) is 0 Å². The molecule has 10 atom stereocenters. The van der Waals surface area contributed by atoms with Crippen molar-refractivity contribution >= 4 is 139 Å². The maximum atomic E-state index is 7.01. The molecule has 6 rings (SSSR count). The topological polar surface area (TPSA) is 9.23 Å². The van der Waals surface area contributed by atoms with Crippen LogP contribution >= 0.6 is 139 Å². The average molecular weight is 640 g/mol. The molecule has 29 heavy (non-hydrogen) atoms. The van der Waals surface area contributed by atoms with Crippen molar-refractivity contribution in [1.29, 1.82) is 0 Å². The lowest BCUT2D eigenvalue weighted by molar-refractivity contribution is 0.0508. The van der Waals surface area contributed by atoms with Gasteiger partial charge in [0.1, 0.15) is 19.5 Å². The molecule has 2 unspecified atom stereocenters. The van der Waals surface area contributed by atoms with Crippen molar-refractivity contribution in [2.75, 3.05) is 0 Å². The number of allylic oxidation sites excluding steroid dienone is 4. The Bertz CT molecular complexity index is 831. The molecule has 6 aliphatic rings. The molecule has 6 bridgehead atoms. The summed E-state index contributed by atoms with van der Waals surface area (Å²) >= 11 is 81.1. The first-order valence-electron chi connectivity index (χ1n) is 8.39. The van der Waals surface area contributed by atoms with Crippen molar-refractivity contribution in [2.45, 2.75) is 40.4 Å². The van der Waals surface area contributed by atoms with Crippen LogP contribution < -0.4 is 0 Å². The summed E-state index contributed by atoms with van der Waals surface area (Å²) < 4.78 is 2.94. The lowest BCUT2D eigenvalue weighted by Gasteiger charge is -2.46. The predicted molar refractivity (Wildman–Crippen MR) is 123 cm³/mol. The first-order valence-corrected chi connectivity index (χ1v) is 12.9. The van der Waals surface area contributed by atoms with Crippen LogP contribution in [-0.2, 0) is 4.74 Å². The van der Waals surface area contributed by atoms with E-state index in [4.69, 9.17) is 144 Å². The van der Waals surface area contributed by atoms with Crippen LogP contribution in [0.3, 0.4) is 0 Å². The lowest BCUT2D eigenvalue weighted by Crippen LogP contribution is -2.55. The average Bonchev–Trinajstić information content (AvgIpc) is 3.33. The molecule has 0 N–H and O–H groups in total. The van der Waals surface area contributed by atoms with Gasteiger partial charge in [0.05, 0.1) is 32.3 Å². The van der Waals surface area contributed by atoms with Crippen molar-refractivity contribution in [2.24, 2.45) is 23.7 Å². The van der Waals surface area contributed by atoms with E-state index in [9.17, 15) is 0 Å². The minimum Gasteiger partial charge on any atom is -0.373 e. The van der Waals surface area contributed by atoms with Gasteiger partial charge in [-0.05, 0) is 0 Å². The van der Waals surface area contributed by atoms with E-state index in [-0.39, 0.29) is 20.1 Å². The molecule has 13 heteroatoms. The maximum absolute atomic E-state index is 7.01. The predicted octanol–water partition coefficient (Wildman–Crippen LogP) is 7.92. The Morgan fingerprint density at radius 3 is 0.862 bits per heavy atom. The van der Waals surface area contributed by atoms with Crippen LogP contribution in [0.2, 0.25) is 0 Å². The highest BCUT2D eigenvalue weighted by Crippen LogP contribution is 2.87. The second kappa shape index (κ2) is 5.66. The quantitative estimate of drug-likeness (QED) is 0.245. The van der Waals surface area contributed by atoms with E-state index < -0.39 is 64.0 Å². The van der Waals surface area contributed by atoms with Crippen LogP contribution in [0.15, 0.2) is 20.1 Å². The van der Waals surface area contributed by atoms with Crippen LogP contribution in [0.4, 0.5) is 0 Å². The number of halogens is 12. The van der Waals surface area contributed by atoms with E-state index in [1.165, 1.54) is 0 Å². The molecule has 2 heterocycles. The number of hydrogen-bond donors (Lipinski definition) is 0. The fourth-order valence-corrected chi connectivity index (χ4v) is 12.9. The molecule has 2 saturated heterocycles. The second-order valence-electron chi connectivity index (χ2n) is 8.42. The maximum Gasteiger partial charge on any atom is 0.167 e. The summed E-state index contributed by atoms with van der Waals surface area (Å²) in [7, 11) is 0. The third kappa shape index (κ3) is 1.71. The van der Waals surface area contributed by atoms with Gasteiger partial charge in [-0.3, -0.25) is 0 Å². The van der Waals surface area contributed by atoms with Crippen molar-refractivity contribution in [1.82, 2.24) is 0 Å². The monoisotopic (exact) mass is 634 g/mol. The van der Waals surface area contributed by atoms with Crippen LogP contribution in [0, 0.1) is 23.7 Å². The Hall–Kier alpha value is 2.92. The Balaban J connectivity index is 1.62. The van der Waals surface area contributed by atoms with Gasteiger partial charge in [0, 0.05) is 23.7 Å². The fraction of sp³-hybridized carbons (Fsp3) is 0.750. The smallest absolute Gasteiger partial charge is 0.167 e. The molecule has 0 aromatic carbocycles. The van der Waals surface area contributed by atoms with Gasteiger partial charge in [-0.15, -0.1) is 46.4 Å². The summed E-state index contributed by atoms with van der Waals surface area (Å²) in [5.74, 6) is -2.11. The SMILES string of the molecule is ClC1=C(Cl)[C@]2(Cl)[C@@H]3C4OC([C@@H]5[C@H]4[C@]4(Cl)C(Cl)=C(Cl)[C@@]5(Cl)C4(Cl)Cl)[C@@H]3[C@@]1(Cl)C2(Cl)Cl. The summed E-state index contributed by atoms with van der Waals surface area (Å²) in [5, 5.41) is 0.351. The normalized spacial score (nSPS) is 62.5. The van der Waals surface area contributed by atoms with Crippen molar-refractivity contribution in [3.05, 3.63) is 20.1 Å². The van der Waals surface area contributed by atoms with E-state index >= 15 is 0 Å². The zero-order valence-electron chi connectivity index (χ0n) is 13.4. The van der Waals surface area contributed by atoms with Crippen molar-refractivity contribution in [3.63, 3.8) is 0 Å². The van der Waals surface area contributed by atoms with Gasteiger partial charge in [-0.25, -0.2) is 0 Å². The van der Waals surface area contributed by atoms with Gasteiger partial charge in [0.2, 0.25) is 0 Å². The highest BCUT2D eigenvalue weighted by Gasteiger charge is 2.95. The van der Waals surface area contributed by atoms with Gasteiger partial charge < -0.3 is 4.74 Å². The van der Waals surface area contributed by atoms with Gasteiger partial charge in [-0.1, -0.05) is 92.8 Å². The van der Waals surface area contributed by atoms with Gasteiger partial charge in [0.15, 0.2) is 8.67 Å². The molecule has 0 radical (unpaired) electrons. The highest BCUT2D eigenvalue weighted by atomic mass is 35.5. The van der Waals surface area contributed by atoms with E-state index in [0.717, 1.165) is 0 Å². The molecule has 2 saturated carbocycles. The molecule has 2 aliphatic heterocycles. The number of hydrogen-bond acceptors (Lipinski definition) is 1. The third-order valence-electron chi connectivity index (χ3n) is 7.83. The van der Waals surface area contributed by atoms with Gasteiger partial charge in [0.25, 0.3) is 0 Å². The molecule has 160 valence electrons. The Morgan fingerprint density at radius 1 is 0.448 bits per heavy atom. The van der Waals surface area contributed by atoms with Crippen LogP contribution in [0.25, 0.3) is 0 Å². The second-order valence-corrected chi connectivity index (χ2v) is 15.0. The standard InChI is InChI=1S/C16H6Cl12O/c17-7-8(18)12(22)2-1(11(7,21)15(12,25)26)5-3-4(6(2)29-5)14(24)10(20)9(19)13(3,23)16(14,27)28/h1-6H/t1-,2+,3+,4-,5?,6?,11+,12-,13-,14+. The molecule has 0 amide bonds. The number of fused-ring (bicyclic) bond motifs is 16. The fourth-order valence-electron chi connectivity index (χ4n) is 6.82. The molecular weight excluding hydrogens is 634 g/mol. The Kier molecular flexibility index (Phi) is 4.37. The van der Waals surface area contributed by atoms with E-state index in [1.807, 2.05) is 0 Å². The minimum absolute atomic E-state index is 0.0878. The third-order valence-corrected chi connectivity index (χ3v) is 16.4. The van der Waals surface area contributed by atoms with Crippen molar-refractivity contribution in [3.8, 4) is 0 Å². The largest absolute Gasteiger partial charge is 0.373 e. The molecule has 4 aliphatic carbocycles. The van der Waals surface area contributed by atoms with Gasteiger partial charge >= 0.3 is 0 Å². The number of alkyl halides is 8. The lowest BCUT2D eigenvalue weighted by atomic mass is 9.61. The molecule has 0 aromatic heterocycles. The van der Waals surface area contributed by atoms with E-state index in [1.54, 1.807) is 0 Å².